The van der Waals surface area contributed by atoms with Crippen LogP contribution in [0.25, 0.3) is 0 Å². The first kappa shape index (κ1) is 17.8. The third kappa shape index (κ3) is 3.23. The van der Waals surface area contributed by atoms with E-state index in [-0.39, 0.29) is 0 Å². The van der Waals surface area contributed by atoms with Gasteiger partial charge >= 0.3 is 0 Å². The zero-order valence-electron chi connectivity index (χ0n) is 15.3. The summed E-state index contributed by atoms with van der Waals surface area (Å²) in [5.41, 5.74) is 7.33. The van der Waals surface area contributed by atoms with Crippen LogP contribution in [-0.2, 0) is 12.8 Å². The van der Waals surface area contributed by atoms with Crippen molar-refractivity contribution in [3.63, 3.8) is 0 Å². The van der Waals surface area contributed by atoms with Gasteiger partial charge in [-0.3, -0.25) is 0 Å². The van der Waals surface area contributed by atoms with Gasteiger partial charge in [0.2, 0.25) is 0 Å². The van der Waals surface area contributed by atoms with Crippen LogP contribution in [0.4, 0.5) is 22.7 Å². The summed E-state index contributed by atoms with van der Waals surface area (Å²) in [6.07, 6.45) is 9.52. The maximum absolute atomic E-state index is 3.96. The van der Waals surface area contributed by atoms with Crippen LogP contribution in [0.2, 0.25) is 0 Å². The first-order valence-corrected chi connectivity index (χ1v) is 8.98. The van der Waals surface area contributed by atoms with Gasteiger partial charge in [0, 0.05) is 13.1 Å². The Balaban J connectivity index is 2.19. The summed E-state index contributed by atoms with van der Waals surface area (Å²) in [6.45, 7) is 17.2. The second-order valence-electron chi connectivity index (χ2n) is 6.43. The SMILES string of the molecule is C=CCc1ccc2c(c1)N(CC=C)c1ccc(CC=C)cc1N2CC=C. The fourth-order valence-corrected chi connectivity index (χ4v) is 3.53. The molecule has 0 spiro atoms. The van der Waals surface area contributed by atoms with Crippen LogP contribution in [0.1, 0.15) is 11.1 Å². The maximum atomic E-state index is 3.96. The zero-order chi connectivity index (χ0) is 18.5. The normalized spacial score (nSPS) is 12.2. The number of anilines is 4. The standard InChI is InChI=1S/C24H26N2/c1-5-9-19-11-13-21-23(17-19)25(15-7-3)22-14-12-20(10-6-2)18-24(22)26(21)16-8-4/h5-8,11-14,17-18H,1-4,9-10,15-16H2. The van der Waals surface area contributed by atoms with Crippen LogP contribution in [0.15, 0.2) is 87.0 Å². The van der Waals surface area contributed by atoms with E-state index in [2.05, 4.69) is 72.5 Å². The highest BCUT2D eigenvalue weighted by atomic mass is 15.3. The minimum Gasteiger partial charge on any atom is -0.334 e. The molecule has 26 heavy (non-hydrogen) atoms. The molecule has 0 saturated carbocycles. The van der Waals surface area contributed by atoms with Gasteiger partial charge in [0.25, 0.3) is 0 Å². The first-order valence-electron chi connectivity index (χ1n) is 8.98. The molecule has 2 nitrogen and oxygen atoms in total. The van der Waals surface area contributed by atoms with E-state index in [4.69, 9.17) is 0 Å². The molecule has 0 amide bonds. The number of fused-ring (bicyclic) bond motifs is 2. The molecule has 0 unspecified atom stereocenters. The molecule has 0 radical (unpaired) electrons. The molecule has 0 aliphatic carbocycles. The summed E-state index contributed by atoms with van der Waals surface area (Å²) in [7, 11) is 0. The Hall–Kier alpha value is -3.00. The summed E-state index contributed by atoms with van der Waals surface area (Å²) in [4.78, 5) is 4.67. The topological polar surface area (TPSA) is 6.48 Å². The molecule has 0 fully saturated rings. The third-order valence-corrected chi connectivity index (χ3v) is 4.63. The molecule has 3 rings (SSSR count). The number of allylic oxidation sites excluding steroid dienone is 2. The Morgan fingerprint density at radius 3 is 1.35 bits per heavy atom. The number of benzene rings is 2. The summed E-state index contributed by atoms with van der Waals surface area (Å²) in [5.74, 6) is 0. The quantitative estimate of drug-likeness (QED) is 0.534. The third-order valence-electron chi connectivity index (χ3n) is 4.63. The van der Waals surface area contributed by atoms with E-state index in [1.807, 2.05) is 24.3 Å². The van der Waals surface area contributed by atoms with Gasteiger partial charge in [-0.2, -0.15) is 0 Å². The van der Waals surface area contributed by atoms with E-state index in [1.54, 1.807) is 0 Å². The van der Waals surface area contributed by atoms with Gasteiger partial charge in [0.15, 0.2) is 0 Å². The van der Waals surface area contributed by atoms with E-state index in [0.717, 1.165) is 25.9 Å². The van der Waals surface area contributed by atoms with Crippen molar-refractivity contribution in [2.45, 2.75) is 12.8 Å². The first-order chi connectivity index (χ1) is 12.7. The molecule has 0 atom stereocenters. The molecule has 132 valence electrons. The van der Waals surface area contributed by atoms with Crippen molar-refractivity contribution in [2.75, 3.05) is 22.9 Å². The Morgan fingerprint density at radius 1 is 0.577 bits per heavy atom. The lowest BCUT2D eigenvalue weighted by Crippen LogP contribution is -2.30. The lowest BCUT2D eigenvalue weighted by Gasteiger charge is -2.40. The van der Waals surface area contributed by atoms with E-state index in [0.29, 0.717) is 0 Å². The highest BCUT2D eigenvalue weighted by Crippen LogP contribution is 2.48. The highest BCUT2D eigenvalue weighted by molar-refractivity contribution is 5.94. The molecule has 0 saturated heterocycles. The molecule has 2 heteroatoms. The average molecular weight is 342 g/mol. The van der Waals surface area contributed by atoms with Crippen molar-refractivity contribution in [1.29, 1.82) is 0 Å². The zero-order valence-corrected chi connectivity index (χ0v) is 15.3. The predicted octanol–water partition coefficient (Wildman–Crippen LogP) is 6.11. The van der Waals surface area contributed by atoms with Crippen LogP contribution < -0.4 is 9.80 Å². The monoisotopic (exact) mass is 342 g/mol. The van der Waals surface area contributed by atoms with Crippen LogP contribution in [0.3, 0.4) is 0 Å². The number of nitrogens with zero attached hydrogens (tertiary/aromatic N) is 2. The highest BCUT2D eigenvalue weighted by Gasteiger charge is 2.27. The summed E-state index contributed by atoms with van der Waals surface area (Å²) >= 11 is 0. The minimum atomic E-state index is 0.764. The maximum Gasteiger partial charge on any atom is 0.0658 e. The lowest BCUT2D eigenvalue weighted by atomic mass is 10.0. The Bertz CT molecular complexity index is 776. The van der Waals surface area contributed by atoms with Crippen molar-refractivity contribution in [3.8, 4) is 0 Å². The van der Waals surface area contributed by atoms with Crippen molar-refractivity contribution in [3.05, 3.63) is 98.1 Å². The molecular weight excluding hydrogens is 316 g/mol. The summed E-state index contributed by atoms with van der Waals surface area (Å²) in [5, 5.41) is 0. The Kier molecular flexibility index (Phi) is 5.43. The summed E-state index contributed by atoms with van der Waals surface area (Å²) < 4.78 is 0. The fraction of sp³-hybridized carbons (Fsp3) is 0.167. The second kappa shape index (κ2) is 7.92. The van der Waals surface area contributed by atoms with Gasteiger partial charge < -0.3 is 9.80 Å². The molecule has 1 heterocycles. The van der Waals surface area contributed by atoms with Crippen molar-refractivity contribution in [1.82, 2.24) is 0 Å². The second-order valence-corrected chi connectivity index (χ2v) is 6.43. The number of rotatable bonds is 8. The van der Waals surface area contributed by atoms with Gasteiger partial charge in [0.1, 0.15) is 0 Å². The van der Waals surface area contributed by atoms with Gasteiger partial charge in [-0.1, -0.05) is 36.4 Å². The van der Waals surface area contributed by atoms with Crippen molar-refractivity contribution < 1.29 is 0 Å². The van der Waals surface area contributed by atoms with Crippen LogP contribution in [0, 0.1) is 0 Å². The molecule has 1 aliphatic heterocycles. The molecule has 0 N–H and O–H groups in total. The van der Waals surface area contributed by atoms with E-state index in [9.17, 15) is 0 Å². The van der Waals surface area contributed by atoms with E-state index in [1.165, 1.54) is 33.9 Å². The predicted molar refractivity (Wildman–Crippen MR) is 115 cm³/mol. The van der Waals surface area contributed by atoms with Gasteiger partial charge in [-0.25, -0.2) is 0 Å². The van der Waals surface area contributed by atoms with E-state index >= 15 is 0 Å². The molecule has 2 aromatic rings. The lowest BCUT2D eigenvalue weighted by molar-refractivity contribution is 0.997. The van der Waals surface area contributed by atoms with Gasteiger partial charge in [-0.05, 0) is 48.2 Å². The van der Waals surface area contributed by atoms with E-state index < -0.39 is 0 Å². The van der Waals surface area contributed by atoms with Gasteiger partial charge in [0.05, 0.1) is 22.7 Å². The molecular formula is C24H26N2. The number of hydrogen-bond donors (Lipinski definition) is 0. The minimum absolute atomic E-state index is 0.764. The van der Waals surface area contributed by atoms with Crippen molar-refractivity contribution in [2.24, 2.45) is 0 Å². The molecule has 0 bridgehead atoms. The van der Waals surface area contributed by atoms with Crippen LogP contribution >= 0.6 is 0 Å². The summed E-state index contributed by atoms with van der Waals surface area (Å²) in [6, 6.07) is 13.3. The van der Waals surface area contributed by atoms with Crippen LogP contribution in [0.5, 0.6) is 0 Å². The van der Waals surface area contributed by atoms with Crippen LogP contribution in [-0.4, -0.2) is 13.1 Å². The molecule has 0 aromatic heterocycles. The Labute approximate surface area is 157 Å². The van der Waals surface area contributed by atoms with Gasteiger partial charge in [-0.15, -0.1) is 26.3 Å². The number of hydrogen-bond acceptors (Lipinski definition) is 2. The Morgan fingerprint density at radius 2 is 1.00 bits per heavy atom. The van der Waals surface area contributed by atoms with Crippen molar-refractivity contribution >= 4 is 22.7 Å². The molecule has 1 aliphatic rings. The largest absolute Gasteiger partial charge is 0.334 e. The fourth-order valence-electron chi connectivity index (χ4n) is 3.53. The average Bonchev–Trinajstić information content (AvgIpc) is 2.65. The smallest absolute Gasteiger partial charge is 0.0658 e. The molecule has 2 aromatic carbocycles.